The van der Waals surface area contributed by atoms with Gasteiger partial charge in [0.25, 0.3) is 5.91 Å². The van der Waals surface area contributed by atoms with Gasteiger partial charge in [-0.2, -0.15) is 0 Å². The average Bonchev–Trinajstić information content (AvgIpc) is 3.00. The summed E-state index contributed by atoms with van der Waals surface area (Å²) >= 11 is 0. The van der Waals surface area contributed by atoms with Crippen LogP contribution in [0.1, 0.15) is 52.0 Å². The van der Waals surface area contributed by atoms with E-state index in [2.05, 4.69) is 17.6 Å². The number of benzene rings is 1. The van der Waals surface area contributed by atoms with E-state index in [1.165, 1.54) is 0 Å². The van der Waals surface area contributed by atoms with Gasteiger partial charge in [0.1, 0.15) is 5.60 Å². The van der Waals surface area contributed by atoms with Crippen molar-refractivity contribution in [3.63, 3.8) is 0 Å². The Morgan fingerprint density at radius 1 is 1.17 bits per heavy atom. The Kier molecular flexibility index (Phi) is 6.84. The quantitative estimate of drug-likeness (QED) is 0.689. The molecule has 2 atom stereocenters. The van der Waals surface area contributed by atoms with Gasteiger partial charge in [-0.25, -0.2) is 9.59 Å². The predicted molar refractivity (Wildman–Crippen MR) is 109 cm³/mol. The molecule has 3 amide bonds. The zero-order valence-corrected chi connectivity index (χ0v) is 17.8. The van der Waals surface area contributed by atoms with Crippen LogP contribution in [-0.4, -0.2) is 42.8 Å². The van der Waals surface area contributed by atoms with Gasteiger partial charge in [0, 0.05) is 18.0 Å². The van der Waals surface area contributed by atoms with Crippen molar-refractivity contribution in [2.45, 2.75) is 64.5 Å². The molecule has 1 aliphatic carbocycles. The Morgan fingerprint density at radius 2 is 1.93 bits per heavy atom. The number of hydrogen-bond donors (Lipinski definition) is 2. The first kappa shape index (κ1) is 21.9. The highest BCUT2D eigenvalue weighted by atomic mass is 16.6. The van der Waals surface area contributed by atoms with Crippen molar-refractivity contribution in [1.82, 2.24) is 10.6 Å². The van der Waals surface area contributed by atoms with Crippen LogP contribution in [0.2, 0.25) is 0 Å². The zero-order chi connectivity index (χ0) is 21.7. The minimum atomic E-state index is -0.707. The maximum Gasteiger partial charge on any atom is 0.344 e. The maximum absolute atomic E-state index is 12.0. The van der Waals surface area contributed by atoms with Crippen molar-refractivity contribution in [1.29, 1.82) is 0 Å². The van der Waals surface area contributed by atoms with Crippen LogP contribution in [0.4, 0.5) is 4.79 Å². The summed E-state index contributed by atoms with van der Waals surface area (Å²) in [6.45, 7) is 5.14. The summed E-state index contributed by atoms with van der Waals surface area (Å²) < 4.78 is 16.3. The fourth-order valence-electron chi connectivity index (χ4n) is 3.92. The summed E-state index contributed by atoms with van der Waals surface area (Å²) in [5.41, 5.74) is 0.694. The molecule has 2 N–H and O–H groups in total. The minimum absolute atomic E-state index is 0.0577. The van der Waals surface area contributed by atoms with Gasteiger partial charge >= 0.3 is 12.0 Å². The van der Waals surface area contributed by atoms with Crippen molar-refractivity contribution in [3.8, 4) is 11.5 Å². The van der Waals surface area contributed by atoms with E-state index in [1.807, 2.05) is 26.0 Å². The molecule has 0 saturated heterocycles. The van der Waals surface area contributed by atoms with Crippen LogP contribution in [0.25, 0.3) is 0 Å². The molecule has 0 spiro atoms. The topological polar surface area (TPSA) is 103 Å². The van der Waals surface area contributed by atoms with E-state index < -0.39 is 24.5 Å². The number of nitrogens with one attached hydrogen (secondary N) is 2. The molecule has 0 bridgehead atoms. The van der Waals surface area contributed by atoms with Gasteiger partial charge in [-0.05, 0) is 38.7 Å². The molecule has 164 valence electrons. The highest BCUT2D eigenvalue weighted by molar-refractivity contribution is 5.95. The van der Waals surface area contributed by atoms with Gasteiger partial charge in [-0.1, -0.05) is 31.9 Å². The van der Waals surface area contributed by atoms with Gasteiger partial charge in [0.05, 0.1) is 0 Å². The zero-order valence-electron chi connectivity index (χ0n) is 17.8. The molecule has 1 aromatic rings. The molecule has 2 aliphatic rings. The summed E-state index contributed by atoms with van der Waals surface area (Å²) in [5.74, 6) is 0.0713. The highest BCUT2D eigenvalue weighted by Gasteiger charge is 2.32. The third-order valence-electron chi connectivity index (χ3n) is 5.45. The van der Waals surface area contributed by atoms with Gasteiger partial charge in [-0.15, -0.1) is 0 Å². The van der Waals surface area contributed by atoms with Crippen LogP contribution in [0.15, 0.2) is 18.2 Å². The lowest BCUT2D eigenvalue weighted by atomic mass is 9.86. The number of carbonyl (C=O) groups excluding carboxylic acids is 3. The molecule has 1 saturated carbocycles. The number of urea groups is 1. The molecular formula is C22H30N2O6. The standard InChI is InChI=1S/C22H30N2O6/c1-14-7-4-5-9-16(14)23-21(27)24-18(25)12-29-19(26)13-28-17-10-6-8-15-11-22(2,3)30-20(15)17/h6,8,10,14,16H,4-5,7,9,11-13H2,1-3H3,(H2,23,24,25,27)/t14-,16+/m1/s1. The summed E-state index contributed by atoms with van der Waals surface area (Å²) in [6, 6.07) is 5.01. The van der Waals surface area contributed by atoms with Crippen LogP contribution >= 0.6 is 0 Å². The van der Waals surface area contributed by atoms with Crippen molar-refractivity contribution in [2.24, 2.45) is 5.92 Å². The van der Waals surface area contributed by atoms with Gasteiger partial charge < -0.3 is 19.5 Å². The van der Waals surface area contributed by atoms with E-state index in [9.17, 15) is 14.4 Å². The van der Waals surface area contributed by atoms with E-state index in [-0.39, 0.29) is 18.2 Å². The fraction of sp³-hybridized carbons (Fsp3) is 0.591. The summed E-state index contributed by atoms with van der Waals surface area (Å²) in [7, 11) is 0. The fourth-order valence-corrected chi connectivity index (χ4v) is 3.92. The lowest BCUT2D eigenvalue weighted by Gasteiger charge is -2.29. The first-order valence-electron chi connectivity index (χ1n) is 10.4. The average molecular weight is 418 g/mol. The minimum Gasteiger partial charge on any atom is -0.483 e. The van der Waals surface area contributed by atoms with E-state index in [0.717, 1.165) is 37.7 Å². The number of rotatable bonds is 6. The Labute approximate surface area is 176 Å². The van der Waals surface area contributed by atoms with Crippen LogP contribution in [0.5, 0.6) is 11.5 Å². The predicted octanol–water partition coefficient (Wildman–Crippen LogP) is 2.73. The SMILES string of the molecule is C[C@@H]1CCCC[C@@H]1NC(=O)NC(=O)COC(=O)COc1cccc2c1OC(C)(C)C2. The molecule has 0 aromatic heterocycles. The van der Waals surface area contributed by atoms with Crippen LogP contribution in [-0.2, 0) is 20.7 Å². The third kappa shape index (κ3) is 5.87. The third-order valence-corrected chi connectivity index (χ3v) is 5.45. The number of ether oxygens (including phenoxy) is 3. The summed E-state index contributed by atoms with van der Waals surface area (Å²) in [6.07, 6.45) is 4.94. The molecule has 1 fully saturated rings. The number of hydrogen-bond acceptors (Lipinski definition) is 6. The number of imide groups is 1. The maximum atomic E-state index is 12.0. The van der Waals surface area contributed by atoms with Crippen molar-refractivity contribution in [3.05, 3.63) is 23.8 Å². The van der Waals surface area contributed by atoms with Gasteiger partial charge in [0.15, 0.2) is 24.7 Å². The normalized spacial score (nSPS) is 21.7. The van der Waals surface area contributed by atoms with Gasteiger partial charge in [-0.3, -0.25) is 10.1 Å². The Balaban J connectivity index is 1.38. The molecule has 1 heterocycles. The van der Waals surface area contributed by atoms with Crippen molar-refractivity contribution in [2.75, 3.05) is 13.2 Å². The largest absolute Gasteiger partial charge is 0.483 e. The van der Waals surface area contributed by atoms with Crippen LogP contribution < -0.4 is 20.1 Å². The Morgan fingerprint density at radius 3 is 2.70 bits per heavy atom. The van der Waals surface area contributed by atoms with Crippen LogP contribution in [0.3, 0.4) is 0 Å². The number of amides is 3. The van der Waals surface area contributed by atoms with Gasteiger partial charge in [0.2, 0.25) is 0 Å². The second kappa shape index (κ2) is 9.36. The molecule has 0 radical (unpaired) electrons. The lowest BCUT2D eigenvalue weighted by molar-refractivity contribution is -0.150. The smallest absolute Gasteiger partial charge is 0.344 e. The first-order chi connectivity index (χ1) is 14.2. The van der Waals surface area contributed by atoms with E-state index in [1.54, 1.807) is 6.07 Å². The number of para-hydroxylation sites is 1. The number of carbonyl (C=O) groups is 3. The molecule has 0 unspecified atom stereocenters. The second-order valence-corrected chi connectivity index (χ2v) is 8.62. The monoisotopic (exact) mass is 418 g/mol. The summed E-state index contributed by atoms with van der Waals surface area (Å²) in [5, 5.41) is 5.01. The Hall–Kier alpha value is -2.77. The first-order valence-corrected chi connectivity index (χ1v) is 10.4. The molecular weight excluding hydrogens is 388 g/mol. The van der Waals surface area contributed by atoms with E-state index in [0.29, 0.717) is 17.4 Å². The summed E-state index contributed by atoms with van der Waals surface area (Å²) in [4.78, 5) is 35.8. The molecule has 1 aliphatic heterocycles. The van der Waals surface area contributed by atoms with Crippen molar-refractivity contribution < 1.29 is 28.6 Å². The molecule has 1 aromatic carbocycles. The molecule has 30 heavy (non-hydrogen) atoms. The van der Waals surface area contributed by atoms with E-state index >= 15 is 0 Å². The number of fused-ring (bicyclic) bond motifs is 1. The molecule has 8 heteroatoms. The molecule has 3 rings (SSSR count). The van der Waals surface area contributed by atoms with Crippen molar-refractivity contribution >= 4 is 17.9 Å². The highest BCUT2D eigenvalue weighted by Crippen LogP contribution is 2.41. The van der Waals surface area contributed by atoms with Crippen LogP contribution in [0, 0.1) is 5.92 Å². The second-order valence-electron chi connectivity index (χ2n) is 8.62. The Bertz CT molecular complexity index is 807. The molecule has 8 nitrogen and oxygen atoms in total. The lowest BCUT2D eigenvalue weighted by Crippen LogP contribution is -2.48. The number of esters is 1. The van der Waals surface area contributed by atoms with E-state index in [4.69, 9.17) is 14.2 Å².